The van der Waals surface area contributed by atoms with Gasteiger partial charge in [-0.2, -0.15) is 0 Å². The number of hydrogen-bond acceptors (Lipinski definition) is 2. The number of rotatable bonds is 5. The SMILES string of the molecule is c1ccc(-c2cc(-c3ccccc3)cc(-c3ccc4c(c3)nc3nc(-c5ccccc5)cc(-c5ccccc5)n34)c2)cc1. The van der Waals surface area contributed by atoms with Gasteiger partial charge in [0, 0.05) is 5.56 Å². The van der Waals surface area contributed by atoms with E-state index in [4.69, 9.17) is 9.97 Å². The number of fused-ring (bicyclic) bond motifs is 3. The molecule has 8 rings (SSSR count). The Kier molecular flexibility index (Phi) is 6.12. The Hall–Kier alpha value is -5.80. The maximum absolute atomic E-state index is 5.09. The van der Waals surface area contributed by atoms with Gasteiger partial charge in [0.1, 0.15) is 0 Å². The van der Waals surface area contributed by atoms with Crippen LogP contribution in [0.5, 0.6) is 0 Å². The summed E-state index contributed by atoms with van der Waals surface area (Å²) in [5.74, 6) is 0.690. The number of hydrogen-bond donors (Lipinski definition) is 0. The van der Waals surface area contributed by atoms with E-state index in [9.17, 15) is 0 Å². The van der Waals surface area contributed by atoms with Gasteiger partial charge in [0.05, 0.1) is 22.4 Å². The van der Waals surface area contributed by atoms with E-state index in [1.54, 1.807) is 0 Å². The zero-order valence-electron chi connectivity index (χ0n) is 23.4. The van der Waals surface area contributed by atoms with Crippen LogP contribution in [0.3, 0.4) is 0 Å². The second-order valence-electron chi connectivity index (χ2n) is 10.7. The zero-order chi connectivity index (χ0) is 28.6. The van der Waals surface area contributed by atoms with Crippen molar-refractivity contribution in [3.63, 3.8) is 0 Å². The van der Waals surface area contributed by atoms with E-state index < -0.39 is 0 Å². The van der Waals surface area contributed by atoms with Crippen LogP contribution in [0.1, 0.15) is 0 Å². The Morgan fingerprint density at radius 1 is 0.349 bits per heavy atom. The molecule has 3 heteroatoms. The van der Waals surface area contributed by atoms with Gasteiger partial charge in [0.25, 0.3) is 0 Å². The average Bonchev–Trinajstić information content (AvgIpc) is 3.47. The van der Waals surface area contributed by atoms with Gasteiger partial charge in [-0.25, -0.2) is 9.97 Å². The quantitative estimate of drug-likeness (QED) is 0.214. The molecule has 0 N–H and O–H groups in total. The Morgan fingerprint density at radius 2 is 0.837 bits per heavy atom. The van der Waals surface area contributed by atoms with Crippen LogP contribution in [-0.2, 0) is 0 Å². The molecule has 0 aliphatic heterocycles. The lowest BCUT2D eigenvalue weighted by Crippen LogP contribution is -1.97. The summed E-state index contributed by atoms with van der Waals surface area (Å²) in [6.07, 6.45) is 0. The first-order chi connectivity index (χ1) is 21.3. The predicted molar refractivity (Wildman–Crippen MR) is 178 cm³/mol. The summed E-state index contributed by atoms with van der Waals surface area (Å²) < 4.78 is 2.18. The molecule has 2 aromatic heterocycles. The number of aromatic nitrogens is 3. The van der Waals surface area contributed by atoms with Gasteiger partial charge < -0.3 is 0 Å². The summed E-state index contributed by atoms with van der Waals surface area (Å²) >= 11 is 0. The third-order valence-corrected chi connectivity index (χ3v) is 7.99. The molecule has 0 bridgehead atoms. The van der Waals surface area contributed by atoms with E-state index in [0.29, 0.717) is 5.78 Å². The Bertz CT molecular complexity index is 2140. The summed E-state index contributed by atoms with van der Waals surface area (Å²) in [4.78, 5) is 10.1. The minimum atomic E-state index is 0.690. The average molecular weight is 550 g/mol. The van der Waals surface area contributed by atoms with Crippen molar-refractivity contribution >= 4 is 16.8 Å². The molecule has 0 fully saturated rings. The first-order valence-electron chi connectivity index (χ1n) is 14.5. The molecule has 0 unspecified atom stereocenters. The molecule has 0 spiro atoms. The first-order valence-corrected chi connectivity index (χ1v) is 14.5. The normalized spacial score (nSPS) is 11.3. The second kappa shape index (κ2) is 10.6. The van der Waals surface area contributed by atoms with Crippen LogP contribution in [0.15, 0.2) is 164 Å². The van der Waals surface area contributed by atoms with Crippen molar-refractivity contribution in [3.05, 3.63) is 164 Å². The molecule has 0 aliphatic carbocycles. The fourth-order valence-corrected chi connectivity index (χ4v) is 5.86. The zero-order valence-corrected chi connectivity index (χ0v) is 23.4. The maximum Gasteiger partial charge on any atom is 0.235 e. The maximum atomic E-state index is 5.09. The topological polar surface area (TPSA) is 30.2 Å². The molecule has 0 amide bonds. The van der Waals surface area contributed by atoms with E-state index in [2.05, 4.69) is 144 Å². The fourth-order valence-electron chi connectivity index (χ4n) is 5.86. The lowest BCUT2D eigenvalue weighted by molar-refractivity contribution is 1.14. The fraction of sp³-hybridized carbons (Fsp3) is 0. The van der Waals surface area contributed by atoms with Crippen molar-refractivity contribution in [2.24, 2.45) is 0 Å². The highest BCUT2D eigenvalue weighted by Gasteiger charge is 2.16. The largest absolute Gasteiger partial charge is 0.276 e. The van der Waals surface area contributed by atoms with Crippen LogP contribution >= 0.6 is 0 Å². The molecule has 0 atom stereocenters. The van der Waals surface area contributed by atoms with Crippen molar-refractivity contribution in [2.45, 2.75) is 0 Å². The minimum Gasteiger partial charge on any atom is -0.276 e. The number of nitrogens with zero attached hydrogens (tertiary/aromatic N) is 3. The van der Waals surface area contributed by atoms with Crippen LogP contribution in [0.4, 0.5) is 0 Å². The highest BCUT2D eigenvalue weighted by atomic mass is 15.1. The first kappa shape index (κ1) is 25.0. The third-order valence-electron chi connectivity index (χ3n) is 7.99. The van der Waals surface area contributed by atoms with E-state index in [-0.39, 0.29) is 0 Å². The number of imidazole rings is 1. The summed E-state index contributed by atoms with van der Waals surface area (Å²) in [7, 11) is 0. The highest BCUT2D eigenvalue weighted by Crippen LogP contribution is 2.35. The summed E-state index contributed by atoms with van der Waals surface area (Å²) in [5.41, 5.74) is 13.2. The standard InChI is InChI=1S/C40H27N3/c1-5-13-28(14-6-1)33-23-34(29-15-7-2-8-16-29)25-35(24-33)32-21-22-38-37(26-32)42-40-41-36(30-17-9-3-10-18-30)27-39(43(38)40)31-19-11-4-12-20-31/h1-27H. The third kappa shape index (κ3) is 4.67. The predicted octanol–water partition coefficient (Wildman–Crippen LogP) is 10.2. The van der Waals surface area contributed by atoms with Gasteiger partial charge in [-0.15, -0.1) is 0 Å². The molecule has 202 valence electrons. The molecule has 0 saturated carbocycles. The van der Waals surface area contributed by atoms with Crippen LogP contribution < -0.4 is 0 Å². The molecule has 8 aromatic rings. The summed E-state index contributed by atoms with van der Waals surface area (Å²) in [5, 5.41) is 0. The minimum absolute atomic E-state index is 0.690. The van der Waals surface area contributed by atoms with Gasteiger partial charge in [-0.1, -0.05) is 127 Å². The van der Waals surface area contributed by atoms with Crippen LogP contribution in [0, 0.1) is 0 Å². The molecular formula is C40H27N3. The number of benzene rings is 6. The Balaban J connectivity index is 1.33. The van der Waals surface area contributed by atoms with Crippen LogP contribution in [0.2, 0.25) is 0 Å². The molecule has 0 radical (unpaired) electrons. The summed E-state index contributed by atoms with van der Waals surface area (Å²) in [6.45, 7) is 0. The van der Waals surface area contributed by atoms with Crippen molar-refractivity contribution in [2.75, 3.05) is 0 Å². The van der Waals surface area contributed by atoms with Crippen molar-refractivity contribution in [3.8, 4) is 55.9 Å². The van der Waals surface area contributed by atoms with Crippen LogP contribution in [0.25, 0.3) is 72.7 Å². The van der Waals surface area contributed by atoms with Crippen molar-refractivity contribution in [1.82, 2.24) is 14.4 Å². The van der Waals surface area contributed by atoms with E-state index in [0.717, 1.165) is 44.7 Å². The smallest absolute Gasteiger partial charge is 0.235 e. The van der Waals surface area contributed by atoms with Crippen LogP contribution in [-0.4, -0.2) is 14.4 Å². The molecule has 0 saturated heterocycles. The summed E-state index contributed by atoms with van der Waals surface area (Å²) in [6, 6.07) is 57.5. The monoisotopic (exact) mass is 549 g/mol. The van der Waals surface area contributed by atoms with Gasteiger partial charge in [0.15, 0.2) is 0 Å². The lowest BCUT2D eigenvalue weighted by atomic mass is 9.93. The molecule has 0 aliphatic rings. The second-order valence-corrected chi connectivity index (χ2v) is 10.7. The van der Waals surface area contributed by atoms with E-state index in [1.165, 1.54) is 22.3 Å². The van der Waals surface area contributed by atoms with Gasteiger partial charge in [0.2, 0.25) is 5.78 Å². The van der Waals surface area contributed by atoms with E-state index >= 15 is 0 Å². The van der Waals surface area contributed by atoms with E-state index in [1.807, 2.05) is 24.3 Å². The van der Waals surface area contributed by atoms with Gasteiger partial charge >= 0.3 is 0 Å². The van der Waals surface area contributed by atoms with Gasteiger partial charge in [-0.05, 0) is 75.3 Å². The lowest BCUT2D eigenvalue weighted by Gasteiger charge is -2.12. The molecule has 3 nitrogen and oxygen atoms in total. The molecule has 6 aromatic carbocycles. The highest BCUT2D eigenvalue weighted by molar-refractivity contribution is 5.89. The molecule has 43 heavy (non-hydrogen) atoms. The van der Waals surface area contributed by atoms with Gasteiger partial charge in [-0.3, -0.25) is 4.40 Å². The van der Waals surface area contributed by atoms with Crippen molar-refractivity contribution < 1.29 is 0 Å². The Labute approximate surface area is 250 Å². The molecule has 2 heterocycles. The Morgan fingerprint density at radius 3 is 1.40 bits per heavy atom. The molecular weight excluding hydrogens is 522 g/mol. The van der Waals surface area contributed by atoms with Crippen molar-refractivity contribution in [1.29, 1.82) is 0 Å².